The van der Waals surface area contributed by atoms with Crippen LogP contribution in [-0.4, -0.2) is 17.8 Å². The number of alkyl halides is 4. The number of nitrogen functional groups attached to an aromatic ring is 1. The number of anilines is 2. The molecule has 0 saturated carbocycles. The van der Waals surface area contributed by atoms with Crippen LogP contribution < -0.4 is 10.6 Å². The average molecular weight is 337 g/mol. The first-order valence-electron chi connectivity index (χ1n) is 5.66. The smallest absolute Gasteiger partial charge is 0.397 e. The fourth-order valence-corrected chi connectivity index (χ4v) is 2.53. The van der Waals surface area contributed by atoms with E-state index < -0.39 is 11.7 Å². The summed E-state index contributed by atoms with van der Waals surface area (Å²) in [5, 5.41) is 0.676. The Balaban J connectivity index is 2.30. The average Bonchev–Trinajstić information content (AvgIpc) is 2.69. The van der Waals surface area contributed by atoms with Gasteiger partial charge in [-0.25, -0.2) is 0 Å². The highest BCUT2D eigenvalue weighted by atomic mass is 79.9. The lowest BCUT2D eigenvalue weighted by Gasteiger charge is -2.19. The zero-order valence-corrected chi connectivity index (χ0v) is 11.5. The van der Waals surface area contributed by atoms with E-state index in [0.717, 1.165) is 12.1 Å². The Hall–Kier alpha value is -1.24. The van der Waals surface area contributed by atoms with Gasteiger partial charge in [-0.15, -0.1) is 0 Å². The van der Waals surface area contributed by atoms with Crippen LogP contribution in [0, 0.1) is 5.92 Å². The number of nitrogens with two attached hydrogens (primary N) is 1. The molecule has 0 radical (unpaired) electrons. The van der Waals surface area contributed by atoms with Crippen molar-refractivity contribution in [3.63, 3.8) is 0 Å². The topological polar surface area (TPSA) is 46.3 Å². The Labute approximate surface area is 116 Å². The number of nitrogens with zero attached hydrogens (tertiary/aromatic N) is 1. The van der Waals surface area contributed by atoms with Crippen LogP contribution in [0.4, 0.5) is 24.5 Å². The molecular formula is C12H12BrF3N2O. The number of hydrogen-bond donors (Lipinski definition) is 1. The Bertz CT molecular complexity index is 504. The molecule has 1 fully saturated rings. The summed E-state index contributed by atoms with van der Waals surface area (Å²) in [4.78, 5) is 13.3. The van der Waals surface area contributed by atoms with E-state index in [1.54, 1.807) is 0 Å². The number of carbonyl (C=O) groups excluding carboxylic acids is 1. The maximum absolute atomic E-state index is 12.5. The van der Waals surface area contributed by atoms with Gasteiger partial charge in [0.25, 0.3) is 0 Å². The highest BCUT2D eigenvalue weighted by molar-refractivity contribution is 9.09. The summed E-state index contributed by atoms with van der Waals surface area (Å²) in [6.45, 7) is 0.472. The molecule has 19 heavy (non-hydrogen) atoms. The van der Waals surface area contributed by atoms with Gasteiger partial charge >= 0.3 is 6.18 Å². The van der Waals surface area contributed by atoms with Crippen LogP contribution in [0.15, 0.2) is 18.2 Å². The van der Waals surface area contributed by atoms with Crippen molar-refractivity contribution < 1.29 is 18.0 Å². The highest BCUT2D eigenvalue weighted by Crippen LogP contribution is 2.36. The van der Waals surface area contributed by atoms with Crippen LogP contribution in [0.25, 0.3) is 0 Å². The molecule has 1 saturated heterocycles. The molecule has 2 rings (SSSR count). The first-order chi connectivity index (χ1) is 8.82. The quantitative estimate of drug-likeness (QED) is 0.666. The van der Waals surface area contributed by atoms with Gasteiger partial charge in [0.2, 0.25) is 5.91 Å². The zero-order chi connectivity index (χ0) is 14.2. The van der Waals surface area contributed by atoms with E-state index >= 15 is 0 Å². The molecule has 0 bridgehead atoms. The van der Waals surface area contributed by atoms with Gasteiger partial charge in [-0.1, -0.05) is 15.9 Å². The highest BCUT2D eigenvalue weighted by Gasteiger charge is 2.34. The lowest BCUT2D eigenvalue weighted by Crippen LogP contribution is -2.25. The van der Waals surface area contributed by atoms with Crippen LogP contribution in [0.5, 0.6) is 0 Å². The fraction of sp³-hybridized carbons (Fsp3) is 0.417. The molecule has 1 aliphatic heterocycles. The molecular weight excluding hydrogens is 325 g/mol. The molecule has 1 unspecified atom stereocenters. The Morgan fingerprint density at radius 3 is 2.58 bits per heavy atom. The monoisotopic (exact) mass is 336 g/mol. The van der Waals surface area contributed by atoms with Crippen LogP contribution in [0.2, 0.25) is 0 Å². The van der Waals surface area contributed by atoms with Gasteiger partial charge < -0.3 is 10.6 Å². The largest absolute Gasteiger partial charge is 0.416 e. The van der Waals surface area contributed by atoms with Crippen LogP contribution in [0.3, 0.4) is 0 Å². The minimum absolute atomic E-state index is 0.0293. The zero-order valence-electron chi connectivity index (χ0n) is 9.88. The van der Waals surface area contributed by atoms with Crippen LogP contribution in [0.1, 0.15) is 12.0 Å². The summed E-state index contributed by atoms with van der Waals surface area (Å²) in [6, 6.07) is 3.07. The van der Waals surface area contributed by atoms with Crippen molar-refractivity contribution in [2.45, 2.75) is 12.6 Å². The predicted octanol–water partition coefficient (Wildman–Crippen LogP) is 3.04. The van der Waals surface area contributed by atoms with E-state index in [2.05, 4.69) is 15.9 Å². The lowest BCUT2D eigenvalue weighted by molar-refractivity contribution is -0.137. The van der Waals surface area contributed by atoms with Crippen LogP contribution >= 0.6 is 15.9 Å². The van der Waals surface area contributed by atoms with Crippen molar-refractivity contribution in [2.75, 3.05) is 22.5 Å². The third-order valence-electron chi connectivity index (χ3n) is 3.07. The van der Waals surface area contributed by atoms with Crippen molar-refractivity contribution in [1.29, 1.82) is 0 Å². The molecule has 1 aliphatic rings. The fourth-order valence-electron chi connectivity index (χ4n) is 2.09. The Kier molecular flexibility index (Phi) is 3.75. The summed E-state index contributed by atoms with van der Waals surface area (Å²) in [6.07, 6.45) is -4.05. The van der Waals surface area contributed by atoms with Crippen molar-refractivity contribution in [3.8, 4) is 0 Å². The molecule has 0 aromatic heterocycles. The molecule has 1 aromatic carbocycles. The number of carbonyl (C=O) groups is 1. The van der Waals surface area contributed by atoms with Crippen molar-refractivity contribution in [1.82, 2.24) is 0 Å². The number of halogens is 4. The minimum Gasteiger partial charge on any atom is -0.397 e. The molecule has 7 heteroatoms. The number of benzene rings is 1. The minimum atomic E-state index is -4.43. The maximum Gasteiger partial charge on any atom is 0.416 e. The van der Waals surface area contributed by atoms with Crippen molar-refractivity contribution in [2.24, 2.45) is 5.92 Å². The normalized spacial score (nSPS) is 20.1. The summed E-state index contributed by atoms with van der Waals surface area (Å²) in [5.74, 6) is 0.0464. The van der Waals surface area contributed by atoms with Crippen molar-refractivity contribution >= 4 is 33.2 Å². The Morgan fingerprint density at radius 1 is 1.42 bits per heavy atom. The van der Waals surface area contributed by atoms with Gasteiger partial charge in [0.1, 0.15) is 0 Å². The number of amides is 1. The SMILES string of the molecule is Nc1cc(C(F)(F)F)ccc1N1CC(CBr)CC1=O. The second-order valence-electron chi connectivity index (χ2n) is 4.50. The molecule has 1 amide bonds. The second kappa shape index (κ2) is 5.03. The van der Waals surface area contributed by atoms with Gasteiger partial charge in [-0.3, -0.25) is 4.79 Å². The van der Waals surface area contributed by atoms with Gasteiger partial charge in [0, 0.05) is 18.3 Å². The summed E-state index contributed by atoms with van der Waals surface area (Å²) < 4.78 is 37.6. The standard InChI is InChI=1S/C12H12BrF3N2O/c13-5-7-3-11(19)18(6-7)10-2-1-8(4-9(10)17)12(14,15)16/h1-2,4,7H,3,5-6,17H2. The molecule has 104 valence electrons. The summed E-state index contributed by atoms with van der Waals surface area (Å²) in [5.41, 5.74) is 5.15. The lowest BCUT2D eigenvalue weighted by atomic mass is 10.1. The van der Waals surface area contributed by atoms with E-state index in [9.17, 15) is 18.0 Å². The van der Waals surface area contributed by atoms with Gasteiger partial charge in [-0.2, -0.15) is 13.2 Å². The number of rotatable bonds is 2. The molecule has 1 aromatic rings. The van der Waals surface area contributed by atoms with Crippen LogP contribution in [-0.2, 0) is 11.0 Å². The third-order valence-corrected chi connectivity index (χ3v) is 3.98. The summed E-state index contributed by atoms with van der Waals surface area (Å²) in [7, 11) is 0. The second-order valence-corrected chi connectivity index (χ2v) is 5.15. The molecule has 1 atom stereocenters. The first kappa shape index (κ1) is 14.2. The van der Waals surface area contributed by atoms with E-state index in [4.69, 9.17) is 5.73 Å². The van der Waals surface area contributed by atoms with E-state index in [0.29, 0.717) is 24.0 Å². The van der Waals surface area contributed by atoms with E-state index in [-0.39, 0.29) is 17.5 Å². The maximum atomic E-state index is 12.5. The van der Waals surface area contributed by atoms with E-state index in [1.807, 2.05) is 0 Å². The molecule has 0 aliphatic carbocycles. The van der Waals surface area contributed by atoms with Crippen molar-refractivity contribution in [3.05, 3.63) is 23.8 Å². The summed E-state index contributed by atoms with van der Waals surface area (Å²) >= 11 is 3.30. The molecule has 3 nitrogen and oxygen atoms in total. The van der Waals surface area contributed by atoms with Gasteiger partial charge in [-0.05, 0) is 24.1 Å². The molecule has 1 heterocycles. The van der Waals surface area contributed by atoms with E-state index in [1.165, 1.54) is 11.0 Å². The van der Waals surface area contributed by atoms with Gasteiger partial charge in [0.05, 0.1) is 16.9 Å². The third kappa shape index (κ3) is 2.86. The predicted molar refractivity (Wildman–Crippen MR) is 70.1 cm³/mol. The van der Waals surface area contributed by atoms with Gasteiger partial charge in [0.15, 0.2) is 0 Å². The Morgan fingerprint density at radius 2 is 2.11 bits per heavy atom. The number of hydrogen-bond acceptors (Lipinski definition) is 2. The molecule has 2 N–H and O–H groups in total. The molecule has 0 spiro atoms. The first-order valence-corrected chi connectivity index (χ1v) is 6.78.